The summed E-state index contributed by atoms with van der Waals surface area (Å²) in [7, 11) is 0. The molecule has 3 rings (SSSR count). The minimum atomic E-state index is -1.03. The summed E-state index contributed by atoms with van der Waals surface area (Å²) < 4.78 is 1.00. The molecule has 0 aliphatic rings. The van der Waals surface area contributed by atoms with Crippen molar-refractivity contribution in [3.63, 3.8) is 0 Å². The highest BCUT2D eigenvalue weighted by molar-refractivity contribution is 7.18. The Morgan fingerprint density at radius 2 is 1.89 bits per heavy atom. The van der Waals surface area contributed by atoms with Gasteiger partial charge in [-0.3, -0.25) is 4.79 Å². The topological polar surface area (TPSA) is 105 Å². The average molecular weight is 398 g/mol. The number of hydrogen-bond acceptors (Lipinski definition) is 5. The first-order chi connectivity index (χ1) is 13.6. The van der Waals surface area contributed by atoms with Crippen LogP contribution in [-0.4, -0.2) is 34.6 Å². The van der Waals surface area contributed by atoms with Gasteiger partial charge in [0.25, 0.3) is 0 Å². The number of benzene rings is 2. The van der Waals surface area contributed by atoms with Gasteiger partial charge in [0.05, 0.1) is 16.6 Å². The number of hydrogen-bond donors (Lipinski definition) is 3. The number of thiazole rings is 1. The Labute approximate surface area is 167 Å². The predicted octanol–water partition coefficient (Wildman–Crippen LogP) is 3.20. The van der Waals surface area contributed by atoms with E-state index in [-0.39, 0.29) is 12.3 Å². The van der Waals surface area contributed by atoms with Crippen LogP contribution >= 0.6 is 11.3 Å². The zero-order chi connectivity index (χ0) is 19.9. The van der Waals surface area contributed by atoms with E-state index >= 15 is 0 Å². The normalized spacial score (nSPS) is 12.0. The number of aliphatic carboxylic acids is 1. The number of unbranched alkanes of at least 4 members (excludes halogenated alkanes) is 1. The maximum Gasteiger partial charge on any atom is 0.326 e. The Kier molecular flexibility index (Phi) is 6.73. The quantitative estimate of drug-likeness (QED) is 0.481. The number of nitrogens with zero attached hydrogens (tertiary/aromatic N) is 1. The fourth-order valence-corrected chi connectivity index (χ4v) is 3.94. The van der Waals surface area contributed by atoms with Crippen molar-refractivity contribution >= 4 is 33.4 Å². The molecule has 0 saturated carbocycles. The Hall–Kier alpha value is -2.77. The summed E-state index contributed by atoms with van der Waals surface area (Å²) in [6.45, 7) is 0.511. The highest BCUT2D eigenvalue weighted by Gasteiger charge is 2.20. The van der Waals surface area contributed by atoms with E-state index in [1.807, 2.05) is 48.5 Å². The Morgan fingerprint density at radius 3 is 2.61 bits per heavy atom. The lowest BCUT2D eigenvalue weighted by atomic mass is 10.1. The molecule has 28 heavy (non-hydrogen) atoms. The predicted molar refractivity (Wildman–Crippen MR) is 111 cm³/mol. The van der Waals surface area contributed by atoms with Crippen LogP contribution in [0, 0.1) is 0 Å². The van der Waals surface area contributed by atoms with Crippen molar-refractivity contribution in [3.8, 4) is 11.1 Å². The molecule has 0 aliphatic heterocycles. The minimum absolute atomic E-state index is 0.0701. The van der Waals surface area contributed by atoms with Crippen LogP contribution in [0.25, 0.3) is 21.3 Å². The molecule has 4 N–H and O–H groups in total. The van der Waals surface area contributed by atoms with Crippen molar-refractivity contribution in [1.82, 2.24) is 10.3 Å². The number of carbonyl (C=O) groups excluding carboxylic acids is 1. The van der Waals surface area contributed by atoms with E-state index in [4.69, 9.17) is 5.73 Å². The van der Waals surface area contributed by atoms with Crippen LogP contribution in [-0.2, 0) is 16.0 Å². The molecule has 1 amide bonds. The van der Waals surface area contributed by atoms with Crippen molar-refractivity contribution in [3.05, 3.63) is 53.5 Å². The number of nitrogens with two attached hydrogens (primary N) is 1. The van der Waals surface area contributed by atoms with Crippen LogP contribution in [0.3, 0.4) is 0 Å². The van der Waals surface area contributed by atoms with Gasteiger partial charge in [0.2, 0.25) is 5.91 Å². The second kappa shape index (κ2) is 9.43. The minimum Gasteiger partial charge on any atom is -0.480 e. The molecule has 146 valence electrons. The van der Waals surface area contributed by atoms with Gasteiger partial charge in [-0.15, -0.1) is 11.3 Å². The average Bonchev–Trinajstić information content (AvgIpc) is 3.09. The van der Waals surface area contributed by atoms with Crippen LogP contribution in [0.1, 0.15) is 24.3 Å². The van der Waals surface area contributed by atoms with Crippen LogP contribution in [0.4, 0.5) is 0 Å². The summed E-state index contributed by atoms with van der Waals surface area (Å²) in [6, 6.07) is 15.2. The van der Waals surface area contributed by atoms with Crippen molar-refractivity contribution in [2.75, 3.05) is 6.54 Å². The molecule has 2 aromatic carbocycles. The third-order valence-corrected chi connectivity index (χ3v) is 5.47. The first-order valence-corrected chi connectivity index (χ1v) is 10.1. The number of fused-ring (bicyclic) bond motifs is 1. The molecule has 0 fully saturated rings. The molecule has 6 nitrogen and oxygen atoms in total. The molecule has 1 atom stereocenters. The summed E-state index contributed by atoms with van der Waals surface area (Å²) in [5.41, 5.74) is 8.46. The Balaban J connectivity index is 1.68. The second-order valence-corrected chi connectivity index (χ2v) is 7.69. The lowest BCUT2D eigenvalue weighted by Gasteiger charge is -2.13. The summed E-state index contributed by atoms with van der Waals surface area (Å²) in [5, 5.41) is 12.5. The summed E-state index contributed by atoms with van der Waals surface area (Å²) in [4.78, 5) is 28.2. The second-order valence-electron chi connectivity index (χ2n) is 6.58. The van der Waals surface area contributed by atoms with Gasteiger partial charge in [-0.1, -0.05) is 36.4 Å². The zero-order valence-corrected chi connectivity index (χ0v) is 16.2. The van der Waals surface area contributed by atoms with Crippen LogP contribution < -0.4 is 11.1 Å². The first kappa shape index (κ1) is 20.0. The van der Waals surface area contributed by atoms with E-state index in [1.54, 1.807) is 0 Å². The standard InChI is InChI=1S/C21H23N3O3S/c22-11-5-4-8-16(21(26)27)23-19(25)13-20-24-17-12-15(9-10-18(17)28-20)14-6-2-1-3-7-14/h1-3,6-7,9-10,12,16H,4-5,8,11,13,22H2,(H,23,25)(H,26,27)/t16-/m0/s1. The summed E-state index contributed by atoms with van der Waals surface area (Å²) >= 11 is 1.45. The third kappa shape index (κ3) is 5.15. The zero-order valence-electron chi connectivity index (χ0n) is 15.4. The number of carboxylic acid groups (broad SMARTS) is 1. The number of carboxylic acids is 1. The fraction of sp³-hybridized carbons (Fsp3) is 0.286. The maximum absolute atomic E-state index is 12.3. The van der Waals surface area contributed by atoms with Crippen molar-refractivity contribution < 1.29 is 14.7 Å². The summed E-state index contributed by atoms with van der Waals surface area (Å²) in [5.74, 6) is -1.36. The number of amides is 1. The number of rotatable bonds is 9. The van der Waals surface area contributed by atoms with Gasteiger partial charge in [0.1, 0.15) is 11.0 Å². The van der Waals surface area contributed by atoms with Crippen LogP contribution in [0.5, 0.6) is 0 Å². The lowest BCUT2D eigenvalue weighted by Crippen LogP contribution is -2.41. The first-order valence-electron chi connectivity index (χ1n) is 9.24. The SMILES string of the molecule is NCCCC[C@H](NC(=O)Cc1nc2cc(-c3ccccc3)ccc2s1)C(=O)O. The van der Waals surface area contributed by atoms with Gasteiger partial charge in [-0.05, 0) is 49.1 Å². The molecule has 0 aliphatic carbocycles. The Bertz CT molecular complexity index is 956. The van der Waals surface area contributed by atoms with E-state index in [0.29, 0.717) is 24.4 Å². The molecule has 7 heteroatoms. The van der Waals surface area contributed by atoms with Gasteiger partial charge >= 0.3 is 5.97 Å². The molecule has 0 unspecified atom stereocenters. The lowest BCUT2D eigenvalue weighted by molar-refractivity contribution is -0.142. The number of aromatic nitrogens is 1. The molecule has 3 aromatic rings. The van der Waals surface area contributed by atoms with E-state index in [9.17, 15) is 14.7 Å². The molecule has 0 bridgehead atoms. The van der Waals surface area contributed by atoms with E-state index in [1.165, 1.54) is 11.3 Å². The van der Waals surface area contributed by atoms with E-state index in [2.05, 4.69) is 10.3 Å². The smallest absolute Gasteiger partial charge is 0.326 e. The number of carbonyl (C=O) groups is 2. The van der Waals surface area contributed by atoms with Crippen molar-refractivity contribution in [2.45, 2.75) is 31.7 Å². The van der Waals surface area contributed by atoms with Gasteiger partial charge in [-0.25, -0.2) is 9.78 Å². The molecule has 0 radical (unpaired) electrons. The molecular weight excluding hydrogens is 374 g/mol. The highest BCUT2D eigenvalue weighted by Crippen LogP contribution is 2.28. The Morgan fingerprint density at radius 1 is 1.11 bits per heavy atom. The molecule has 1 aromatic heterocycles. The van der Waals surface area contributed by atoms with E-state index in [0.717, 1.165) is 27.8 Å². The third-order valence-electron chi connectivity index (χ3n) is 4.43. The van der Waals surface area contributed by atoms with Crippen LogP contribution in [0.2, 0.25) is 0 Å². The largest absolute Gasteiger partial charge is 0.480 e. The molecule has 1 heterocycles. The fourth-order valence-electron chi connectivity index (χ4n) is 2.99. The van der Waals surface area contributed by atoms with Crippen LogP contribution in [0.15, 0.2) is 48.5 Å². The van der Waals surface area contributed by atoms with Crippen molar-refractivity contribution in [1.29, 1.82) is 0 Å². The van der Waals surface area contributed by atoms with Gasteiger partial charge in [0.15, 0.2) is 0 Å². The van der Waals surface area contributed by atoms with E-state index < -0.39 is 12.0 Å². The highest BCUT2D eigenvalue weighted by atomic mass is 32.1. The molecule has 0 spiro atoms. The number of nitrogens with one attached hydrogen (secondary N) is 1. The monoisotopic (exact) mass is 397 g/mol. The van der Waals surface area contributed by atoms with Gasteiger partial charge in [0, 0.05) is 0 Å². The molecule has 0 saturated heterocycles. The van der Waals surface area contributed by atoms with Crippen molar-refractivity contribution in [2.24, 2.45) is 5.73 Å². The van der Waals surface area contributed by atoms with Gasteiger partial charge < -0.3 is 16.2 Å². The molecular formula is C21H23N3O3S. The van der Waals surface area contributed by atoms with Gasteiger partial charge in [-0.2, -0.15) is 0 Å². The maximum atomic E-state index is 12.3. The summed E-state index contributed by atoms with van der Waals surface area (Å²) in [6.07, 6.45) is 1.84.